The van der Waals surface area contributed by atoms with Crippen LogP contribution in [0.4, 0.5) is 4.39 Å². The summed E-state index contributed by atoms with van der Waals surface area (Å²) in [4.78, 5) is 0. The van der Waals surface area contributed by atoms with Crippen molar-refractivity contribution in [1.29, 1.82) is 0 Å². The van der Waals surface area contributed by atoms with Crippen molar-refractivity contribution in [2.24, 2.45) is 11.8 Å². The van der Waals surface area contributed by atoms with Crippen LogP contribution in [0.2, 0.25) is 0 Å². The van der Waals surface area contributed by atoms with Crippen molar-refractivity contribution in [3.8, 4) is 0 Å². The van der Waals surface area contributed by atoms with Crippen LogP contribution >= 0.6 is 0 Å². The van der Waals surface area contributed by atoms with Crippen molar-refractivity contribution >= 4 is 0 Å². The van der Waals surface area contributed by atoms with Gasteiger partial charge in [-0.3, -0.25) is 0 Å². The Morgan fingerprint density at radius 3 is 2.30 bits per heavy atom. The van der Waals surface area contributed by atoms with E-state index in [4.69, 9.17) is 0 Å². The average Bonchev–Trinajstić information content (AvgIpc) is 2.04. The molecule has 1 aliphatic carbocycles. The highest BCUT2D eigenvalue weighted by Crippen LogP contribution is 2.28. The minimum absolute atomic E-state index is 0.310. The standard InChI is InChI=1S/C9H17F/c1-7-3-5-8(2)9(10)6-4-7/h7-9H,3-6H2,1-2H3/t7?,8?,9-/m0/s1. The fraction of sp³-hybridized carbons (Fsp3) is 1.00. The van der Waals surface area contributed by atoms with Crippen molar-refractivity contribution in [2.75, 3.05) is 0 Å². The summed E-state index contributed by atoms with van der Waals surface area (Å²) in [6.07, 6.45) is 3.67. The zero-order valence-corrected chi connectivity index (χ0v) is 6.94. The van der Waals surface area contributed by atoms with E-state index in [-0.39, 0.29) is 0 Å². The smallest absolute Gasteiger partial charge is 0.103 e. The molecule has 0 aliphatic heterocycles. The van der Waals surface area contributed by atoms with E-state index in [0.29, 0.717) is 5.92 Å². The molecular formula is C9H17F. The van der Waals surface area contributed by atoms with E-state index in [1.54, 1.807) is 0 Å². The summed E-state index contributed by atoms with van der Waals surface area (Å²) >= 11 is 0. The van der Waals surface area contributed by atoms with Crippen molar-refractivity contribution in [3.05, 3.63) is 0 Å². The zero-order valence-electron chi connectivity index (χ0n) is 6.94. The van der Waals surface area contributed by atoms with Crippen molar-refractivity contribution in [3.63, 3.8) is 0 Å². The van der Waals surface area contributed by atoms with Crippen LogP contribution in [0.3, 0.4) is 0 Å². The van der Waals surface area contributed by atoms with Crippen LogP contribution in [0.1, 0.15) is 39.5 Å². The quantitative estimate of drug-likeness (QED) is 0.458. The summed E-state index contributed by atoms with van der Waals surface area (Å²) in [5, 5.41) is 0. The maximum atomic E-state index is 13.0. The van der Waals surface area contributed by atoms with Crippen molar-refractivity contribution in [2.45, 2.75) is 45.7 Å². The SMILES string of the molecule is CC1CCC(C)[C@@H](F)CC1. The number of rotatable bonds is 0. The molecule has 3 atom stereocenters. The van der Waals surface area contributed by atoms with Gasteiger partial charge < -0.3 is 0 Å². The Morgan fingerprint density at radius 1 is 1.00 bits per heavy atom. The summed E-state index contributed by atoms with van der Waals surface area (Å²) in [5.74, 6) is 1.06. The van der Waals surface area contributed by atoms with Gasteiger partial charge in [0.25, 0.3) is 0 Å². The van der Waals surface area contributed by atoms with Gasteiger partial charge in [0.05, 0.1) is 0 Å². The maximum absolute atomic E-state index is 13.0. The molecule has 0 saturated heterocycles. The van der Waals surface area contributed by atoms with E-state index in [1.807, 2.05) is 6.92 Å². The lowest BCUT2D eigenvalue weighted by molar-refractivity contribution is 0.229. The highest BCUT2D eigenvalue weighted by Gasteiger charge is 2.21. The molecule has 0 nitrogen and oxygen atoms in total. The molecule has 60 valence electrons. The van der Waals surface area contributed by atoms with Gasteiger partial charge in [-0.25, -0.2) is 4.39 Å². The second-order valence-corrected chi connectivity index (χ2v) is 3.75. The number of halogens is 1. The lowest BCUT2D eigenvalue weighted by Gasteiger charge is -2.10. The molecule has 0 radical (unpaired) electrons. The molecule has 0 amide bonds. The fourth-order valence-electron chi connectivity index (χ4n) is 1.60. The van der Waals surface area contributed by atoms with Gasteiger partial charge in [0.15, 0.2) is 0 Å². The predicted molar refractivity (Wildman–Crippen MR) is 41.7 cm³/mol. The molecule has 0 heterocycles. The van der Waals surface area contributed by atoms with E-state index in [9.17, 15) is 4.39 Å². The zero-order chi connectivity index (χ0) is 7.56. The average molecular weight is 144 g/mol. The topological polar surface area (TPSA) is 0 Å². The summed E-state index contributed by atoms with van der Waals surface area (Å²) in [6.45, 7) is 4.26. The van der Waals surface area contributed by atoms with Crippen molar-refractivity contribution < 1.29 is 4.39 Å². The first kappa shape index (κ1) is 8.03. The van der Waals surface area contributed by atoms with Gasteiger partial charge in [-0.1, -0.05) is 20.3 Å². The highest BCUT2D eigenvalue weighted by molar-refractivity contribution is 4.72. The number of alkyl halides is 1. The van der Waals surface area contributed by atoms with Crippen LogP contribution in [-0.4, -0.2) is 6.17 Å². The normalized spacial score (nSPS) is 42.9. The molecule has 0 aromatic heterocycles. The molecule has 10 heavy (non-hydrogen) atoms. The van der Waals surface area contributed by atoms with E-state index < -0.39 is 6.17 Å². The first-order valence-corrected chi connectivity index (χ1v) is 4.34. The highest BCUT2D eigenvalue weighted by atomic mass is 19.1. The van der Waals surface area contributed by atoms with Gasteiger partial charge in [0.1, 0.15) is 6.17 Å². The third-order valence-corrected chi connectivity index (χ3v) is 2.67. The van der Waals surface area contributed by atoms with Crippen LogP contribution in [-0.2, 0) is 0 Å². The van der Waals surface area contributed by atoms with Crippen LogP contribution in [0.15, 0.2) is 0 Å². The minimum Gasteiger partial charge on any atom is -0.247 e. The summed E-state index contributed by atoms with van der Waals surface area (Å²) in [6, 6.07) is 0. The van der Waals surface area contributed by atoms with Crippen molar-refractivity contribution in [1.82, 2.24) is 0 Å². The molecule has 1 heteroatoms. The fourth-order valence-corrected chi connectivity index (χ4v) is 1.60. The van der Waals surface area contributed by atoms with Crippen LogP contribution < -0.4 is 0 Å². The molecular weight excluding hydrogens is 127 g/mol. The van der Waals surface area contributed by atoms with E-state index >= 15 is 0 Å². The van der Waals surface area contributed by atoms with Gasteiger partial charge in [0, 0.05) is 0 Å². The number of hydrogen-bond donors (Lipinski definition) is 0. The summed E-state index contributed by atoms with van der Waals surface area (Å²) < 4.78 is 13.0. The lowest BCUT2D eigenvalue weighted by Crippen LogP contribution is -2.09. The molecule has 0 bridgehead atoms. The van der Waals surface area contributed by atoms with Gasteiger partial charge in [-0.05, 0) is 31.1 Å². The Kier molecular flexibility index (Phi) is 2.70. The van der Waals surface area contributed by atoms with Gasteiger partial charge in [-0.2, -0.15) is 0 Å². The van der Waals surface area contributed by atoms with Gasteiger partial charge >= 0.3 is 0 Å². The van der Waals surface area contributed by atoms with Crippen LogP contribution in [0.5, 0.6) is 0 Å². The monoisotopic (exact) mass is 144 g/mol. The second kappa shape index (κ2) is 3.36. The maximum Gasteiger partial charge on any atom is 0.103 e. The molecule has 0 spiro atoms. The first-order valence-electron chi connectivity index (χ1n) is 4.34. The van der Waals surface area contributed by atoms with Crippen LogP contribution in [0.25, 0.3) is 0 Å². The summed E-state index contributed by atoms with van der Waals surface area (Å²) in [5.41, 5.74) is 0. The molecule has 1 fully saturated rings. The molecule has 0 aromatic carbocycles. The Balaban J connectivity index is 2.38. The first-order chi connectivity index (χ1) is 4.70. The molecule has 1 rings (SSSR count). The second-order valence-electron chi connectivity index (χ2n) is 3.75. The lowest BCUT2D eigenvalue weighted by atomic mass is 10.0. The molecule has 0 aromatic rings. The van der Waals surface area contributed by atoms with E-state index in [2.05, 4.69) is 6.92 Å². The molecule has 2 unspecified atom stereocenters. The molecule has 1 saturated carbocycles. The molecule has 1 aliphatic rings. The van der Waals surface area contributed by atoms with E-state index in [0.717, 1.165) is 25.2 Å². The van der Waals surface area contributed by atoms with Gasteiger partial charge in [0.2, 0.25) is 0 Å². The van der Waals surface area contributed by atoms with E-state index in [1.165, 1.54) is 6.42 Å². The molecule has 0 N–H and O–H groups in total. The Bertz CT molecular complexity index is 88.9. The Labute approximate surface area is 62.8 Å². The predicted octanol–water partition coefficient (Wildman–Crippen LogP) is 3.17. The Hall–Kier alpha value is -0.0700. The summed E-state index contributed by atoms with van der Waals surface area (Å²) in [7, 11) is 0. The number of hydrogen-bond acceptors (Lipinski definition) is 0. The Morgan fingerprint density at radius 2 is 1.60 bits per heavy atom. The minimum atomic E-state index is -0.523. The third-order valence-electron chi connectivity index (χ3n) is 2.67. The van der Waals surface area contributed by atoms with Crippen LogP contribution in [0, 0.1) is 11.8 Å². The largest absolute Gasteiger partial charge is 0.247 e. The third kappa shape index (κ3) is 1.96. The van der Waals surface area contributed by atoms with Gasteiger partial charge in [-0.15, -0.1) is 0 Å².